The summed E-state index contributed by atoms with van der Waals surface area (Å²) >= 11 is 0. The first-order valence-corrected chi connectivity index (χ1v) is 6.95. The lowest BCUT2D eigenvalue weighted by Gasteiger charge is -2.24. The van der Waals surface area contributed by atoms with Crippen LogP contribution in [0.15, 0.2) is 0 Å². The molecule has 0 aliphatic heterocycles. The summed E-state index contributed by atoms with van der Waals surface area (Å²) in [5.74, 6) is -1.12. The van der Waals surface area contributed by atoms with Crippen molar-refractivity contribution >= 4 is 12.0 Å². The Morgan fingerprint density at radius 1 is 1.16 bits per heavy atom. The monoisotopic (exact) mass is 274 g/mol. The van der Waals surface area contributed by atoms with E-state index in [1.807, 2.05) is 13.8 Å². The Bertz CT molecular complexity index is 263. The Morgan fingerprint density at radius 3 is 2.05 bits per heavy atom. The maximum absolute atomic E-state index is 12.0. The molecule has 0 bridgehead atoms. The van der Waals surface area contributed by atoms with Crippen molar-refractivity contribution in [2.24, 2.45) is 0 Å². The maximum atomic E-state index is 12.0. The third kappa shape index (κ3) is 7.66. The molecule has 0 rings (SSSR count). The molecule has 0 spiro atoms. The van der Waals surface area contributed by atoms with Gasteiger partial charge in [-0.3, -0.25) is 0 Å². The molecule has 0 radical (unpaired) electrons. The van der Waals surface area contributed by atoms with Gasteiger partial charge in [0.25, 0.3) is 0 Å². The second-order valence-corrected chi connectivity index (χ2v) is 4.55. The molecule has 0 aliphatic carbocycles. The Balaban J connectivity index is 4.44. The number of aliphatic hydroxyl groups excluding tert-OH is 1. The first kappa shape index (κ1) is 17.7. The molecule has 0 saturated heterocycles. The fourth-order valence-electron chi connectivity index (χ4n) is 1.64. The van der Waals surface area contributed by atoms with Crippen LogP contribution in [0.2, 0.25) is 0 Å². The number of unbranched alkanes of at least 4 members (excludes halogenated alkanes) is 2. The number of aliphatic hydroxyl groups is 1. The van der Waals surface area contributed by atoms with E-state index in [0.717, 1.165) is 25.7 Å². The van der Waals surface area contributed by atoms with Gasteiger partial charge in [-0.25, -0.2) is 9.59 Å². The number of urea groups is 1. The number of carboxylic acids is 1. The van der Waals surface area contributed by atoms with Crippen LogP contribution in [0, 0.1) is 0 Å². The van der Waals surface area contributed by atoms with Crippen molar-refractivity contribution in [3.63, 3.8) is 0 Å². The standard InChI is InChI=1S/C13H26N2O4/c1-3-5-8-15(9-6-4-2)13(19)14-11(7-10-16)12(17)18/h11,16H,3-10H2,1-2H3,(H,14,19)(H,17,18)/t11-/m0/s1. The van der Waals surface area contributed by atoms with Crippen LogP contribution < -0.4 is 5.32 Å². The number of carbonyl (C=O) groups is 2. The fourth-order valence-corrected chi connectivity index (χ4v) is 1.64. The number of aliphatic carboxylic acids is 1. The molecule has 0 fully saturated rings. The van der Waals surface area contributed by atoms with E-state index in [-0.39, 0.29) is 19.1 Å². The molecule has 19 heavy (non-hydrogen) atoms. The van der Waals surface area contributed by atoms with Crippen LogP contribution in [0.4, 0.5) is 4.79 Å². The zero-order valence-electron chi connectivity index (χ0n) is 11.9. The molecule has 6 nitrogen and oxygen atoms in total. The minimum Gasteiger partial charge on any atom is -0.480 e. The normalized spacial score (nSPS) is 11.9. The van der Waals surface area contributed by atoms with Gasteiger partial charge in [0.15, 0.2) is 0 Å². The van der Waals surface area contributed by atoms with Gasteiger partial charge in [-0.2, -0.15) is 0 Å². The Hall–Kier alpha value is -1.30. The lowest BCUT2D eigenvalue weighted by molar-refractivity contribution is -0.139. The predicted molar refractivity (Wildman–Crippen MR) is 73.0 cm³/mol. The molecule has 0 aromatic heterocycles. The summed E-state index contributed by atoms with van der Waals surface area (Å²) in [6.07, 6.45) is 3.78. The van der Waals surface area contributed by atoms with Crippen LogP contribution in [0.3, 0.4) is 0 Å². The van der Waals surface area contributed by atoms with Gasteiger partial charge in [0.05, 0.1) is 0 Å². The highest BCUT2D eigenvalue weighted by atomic mass is 16.4. The summed E-state index contributed by atoms with van der Waals surface area (Å²) in [7, 11) is 0. The second-order valence-electron chi connectivity index (χ2n) is 4.55. The summed E-state index contributed by atoms with van der Waals surface area (Å²) in [5, 5.41) is 20.2. The van der Waals surface area contributed by atoms with Gasteiger partial charge in [-0.15, -0.1) is 0 Å². The van der Waals surface area contributed by atoms with Crippen LogP contribution in [0.1, 0.15) is 46.0 Å². The SMILES string of the molecule is CCCCN(CCCC)C(=O)N[C@@H](CCO)C(=O)O. The van der Waals surface area contributed by atoms with Crippen LogP contribution in [0.5, 0.6) is 0 Å². The average molecular weight is 274 g/mol. The van der Waals surface area contributed by atoms with Crippen LogP contribution in [0.25, 0.3) is 0 Å². The van der Waals surface area contributed by atoms with Crippen molar-refractivity contribution in [1.29, 1.82) is 0 Å². The minimum atomic E-state index is -1.12. The molecule has 3 N–H and O–H groups in total. The van der Waals surface area contributed by atoms with Gasteiger partial charge in [0.2, 0.25) is 0 Å². The van der Waals surface area contributed by atoms with Crippen molar-refractivity contribution in [2.45, 2.75) is 52.0 Å². The zero-order chi connectivity index (χ0) is 14.7. The lowest BCUT2D eigenvalue weighted by Crippen LogP contribution is -2.48. The highest BCUT2D eigenvalue weighted by Gasteiger charge is 2.22. The summed E-state index contributed by atoms with van der Waals surface area (Å²) in [5.41, 5.74) is 0. The molecule has 0 heterocycles. The first-order valence-electron chi connectivity index (χ1n) is 6.95. The number of hydrogen-bond acceptors (Lipinski definition) is 3. The van der Waals surface area contributed by atoms with Crippen LogP contribution in [-0.4, -0.2) is 52.9 Å². The third-order valence-electron chi connectivity index (χ3n) is 2.86. The first-order chi connectivity index (χ1) is 9.06. The van der Waals surface area contributed by atoms with E-state index in [1.54, 1.807) is 4.90 Å². The van der Waals surface area contributed by atoms with Crippen molar-refractivity contribution in [1.82, 2.24) is 10.2 Å². The van der Waals surface area contributed by atoms with E-state index >= 15 is 0 Å². The van der Waals surface area contributed by atoms with Gasteiger partial charge < -0.3 is 20.4 Å². The van der Waals surface area contributed by atoms with Crippen LogP contribution in [-0.2, 0) is 4.79 Å². The minimum absolute atomic E-state index is 0.0243. The molecule has 0 aromatic rings. The maximum Gasteiger partial charge on any atom is 0.326 e. The van der Waals surface area contributed by atoms with E-state index < -0.39 is 12.0 Å². The lowest BCUT2D eigenvalue weighted by atomic mass is 10.2. The zero-order valence-corrected chi connectivity index (χ0v) is 11.9. The second kappa shape index (κ2) is 10.6. The topological polar surface area (TPSA) is 89.9 Å². The molecule has 0 saturated carbocycles. The van der Waals surface area contributed by atoms with Crippen molar-refractivity contribution in [3.05, 3.63) is 0 Å². The van der Waals surface area contributed by atoms with E-state index in [2.05, 4.69) is 5.32 Å². The van der Waals surface area contributed by atoms with Crippen molar-refractivity contribution < 1.29 is 19.8 Å². The molecule has 112 valence electrons. The van der Waals surface area contributed by atoms with Gasteiger partial charge in [0, 0.05) is 26.1 Å². The summed E-state index contributed by atoms with van der Waals surface area (Å²) in [6.45, 7) is 5.09. The van der Waals surface area contributed by atoms with Gasteiger partial charge in [0.1, 0.15) is 6.04 Å². The van der Waals surface area contributed by atoms with Gasteiger partial charge in [-0.1, -0.05) is 26.7 Å². The number of rotatable bonds is 10. The summed E-state index contributed by atoms with van der Waals surface area (Å²) < 4.78 is 0. The number of nitrogens with one attached hydrogen (secondary N) is 1. The average Bonchev–Trinajstić information content (AvgIpc) is 2.38. The van der Waals surface area contributed by atoms with Gasteiger partial charge >= 0.3 is 12.0 Å². The van der Waals surface area contributed by atoms with E-state index in [1.165, 1.54) is 0 Å². The Kier molecular flexibility index (Phi) is 9.88. The third-order valence-corrected chi connectivity index (χ3v) is 2.86. The molecule has 0 aromatic carbocycles. The Labute approximate surface area is 114 Å². The smallest absolute Gasteiger partial charge is 0.326 e. The number of carboxylic acid groups (broad SMARTS) is 1. The van der Waals surface area contributed by atoms with Crippen molar-refractivity contribution in [3.8, 4) is 0 Å². The van der Waals surface area contributed by atoms with E-state index in [9.17, 15) is 9.59 Å². The molecule has 0 unspecified atom stereocenters. The molecular weight excluding hydrogens is 248 g/mol. The number of carbonyl (C=O) groups excluding carboxylic acids is 1. The molecule has 2 amide bonds. The van der Waals surface area contributed by atoms with Gasteiger partial charge in [-0.05, 0) is 12.8 Å². The number of amides is 2. The number of hydrogen-bond donors (Lipinski definition) is 3. The quantitative estimate of drug-likeness (QED) is 0.562. The highest BCUT2D eigenvalue weighted by Crippen LogP contribution is 2.02. The molecule has 0 aliphatic rings. The highest BCUT2D eigenvalue weighted by molar-refractivity contribution is 5.82. The van der Waals surface area contributed by atoms with E-state index in [0.29, 0.717) is 13.1 Å². The molecular formula is C13H26N2O4. The molecule has 6 heteroatoms. The van der Waals surface area contributed by atoms with Crippen molar-refractivity contribution in [2.75, 3.05) is 19.7 Å². The van der Waals surface area contributed by atoms with Crippen LogP contribution >= 0.6 is 0 Å². The summed E-state index contributed by atoms with van der Waals surface area (Å²) in [4.78, 5) is 24.6. The fraction of sp³-hybridized carbons (Fsp3) is 0.846. The molecule has 1 atom stereocenters. The Morgan fingerprint density at radius 2 is 1.68 bits per heavy atom. The predicted octanol–water partition coefficient (Wildman–Crippen LogP) is 1.43. The summed E-state index contributed by atoms with van der Waals surface area (Å²) in [6, 6.07) is -1.38. The largest absolute Gasteiger partial charge is 0.480 e. The van der Waals surface area contributed by atoms with E-state index in [4.69, 9.17) is 10.2 Å². The number of nitrogens with zero attached hydrogens (tertiary/aromatic N) is 1.